The van der Waals surface area contributed by atoms with Gasteiger partial charge in [-0.1, -0.05) is 0 Å². The van der Waals surface area contributed by atoms with E-state index in [9.17, 15) is 9.90 Å². The molecule has 122 valence electrons. The molecule has 6 nitrogen and oxygen atoms in total. The van der Waals surface area contributed by atoms with Crippen molar-refractivity contribution in [2.24, 2.45) is 7.05 Å². The maximum absolute atomic E-state index is 11.4. The molecule has 0 bridgehead atoms. The second-order valence-electron chi connectivity index (χ2n) is 7.04. The molecule has 0 radical (unpaired) electrons. The van der Waals surface area contributed by atoms with Gasteiger partial charge in [-0.3, -0.25) is 0 Å². The monoisotopic (exact) mass is 316 g/mol. The minimum atomic E-state index is -0.993. The van der Waals surface area contributed by atoms with E-state index >= 15 is 0 Å². The summed E-state index contributed by atoms with van der Waals surface area (Å²) in [6.07, 6.45) is 0. The number of carboxylic acids is 1. The standard InChI is InChI=1S/C16H21BN2O4/c1-9-18-12-8-10(14(20)21)7-11(13(12)19(9)6)17-22-15(2,3)16(4,5)23-17/h7-8H,1-6H3,(H,20,21). The highest BCUT2D eigenvalue weighted by atomic mass is 16.7. The zero-order chi connectivity index (χ0) is 17.2. The Morgan fingerprint density at radius 2 is 1.78 bits per heavy atom. The molecule has 0 aliphatic carbocycles. The number of aromatic nitrogens is 2. The van der Waals surface area contributed by atoms with Crippen LogP contribution in [0.4, 0.5) is 0 Å². The molecule has 1 fully saturated rings. The quantitative estimate of drug-likeness (QED) is 0.856. The summed E-state index contributed by atoms with van der Waals surface area (Å²) in [7, 11) is 1.27. The van der Waals surface area contributed by atoms with Gasteiger partial charge in [-0.2, -0.15) is 0 Å². The molecule has 1 saturated heterocycles. The van der Waals surface area contributed by atoms with Crippen LogP contribution in [0.15, 0.2) is 12.1 Å². The van der Waals surface area contributed by atoms with Gasteiger partial charge in [0.2, 0.25) is 0 Å². The Hall–Kier alpha value is -1.86. The number of benzene rings is 1. The van der Waals surface area contributed by atoms with Gasteiger partial charge in [0, 0.05) is 12.5 Å². The molecule has 0 spiro atoms. The molecule has 0 amide bonds. The van der Waals surface area contributed by atoms with Crippen molar-refractivity contribution < 1.29 is 19.2 Å². The van der Waals surface area contributed by atoms with E-state index in [1.54, 1.807) is 12.1 Å². The van der Waals surface area contributed by atoms with Gasteiger partial charge in [-0.25, -0.2) is 9.78 Å². The first-order valence-electron chi connectivity index (χ1n) is 7.59. The Balaban J connectivity index is 2.22. The van der Waals surface area contributed by atoms with E-state index in [-0.39, 0.29) is 5.56 Å². The molecule has 1 aliphatic rings. The fourth-order valence-corrected chi connectivity index (χ4v) is 2.78. The van der Waals surface area contributed by atoms with Crippen LogP contribution in [0, 0.1) is 6.92 Å². The Bertz CT molecular complexity index is 794. The van der Waals surface area contributed by atoms with Crippen molar-refractivity contribution >= 4 is 29.6 Å². The van der Waals surface area contributed by atoms with Crippen molar-refractivity contribution in [3.63, 3.8) is 0 Å². The van der Waals surface area contributed by atoms with E-state index in [4.69, 9.17) is 9.31 Å². The molecule has 1 aliphatic heterocycles. The minimum Gasteiger partial charge on any atom is -0.478 e. The summed E-state index contributed by atoms with van der Waals surface area (Å²) in [5.41, 5.74) is 1.37. The second kappa shape index (κ2) is 4.82. The van der Waals surface area contributed by atoms with Crippen molar-refractivity contribution in [2.75, 3.05) is 0 Å². The van der Waals surface area contributed by atoms with Crippen LogP contribution in [0.2, 0.25) is 0 Å². The van der Waals surface area contributed by atoms with Crippen molar-refractivity contribution in [2.45, 2.75) is 45.8 Å². The average molecular weight is 316 g/mol. The summed E-state index contributed by atoms with van der Waals surface area (Å²) >= 11 is 0. The number of carbonyl (C=O) groups is 1. The zero-order valence-corrected chi connectivity index (χ0v) is 14.3. The van der Waals surface area contributed by atoms with Crippen LogP contribution in [0.3, 0.4) is 0 Å². The summed E-state index contributed by atoms with van der Waals surface area (Å²) in [4.78, 5) is 15.9. The number of aromatic carboxylic acids is 1. The number of hydrogen-bond donors (Lipinski definition) is 1. The second-order valence-corrected chi connectivity index (χ2v) is 7.04. The third-order valence-corrected chi connectivity index (χ3v) is 4.98. The fourth-order valence-electron chi connectivity index (χ4n) is 2.78. The van der Waals surface area contributed by atoms with E-state index in [2.05, 4.69) is 4.98 Å². The molecule has 2 aromatic rings. The molecule has 3 rings (SSSR count). The molecular weight excluding hydrogens is 295 g/mol. The Morgan fingerprint density at radius 3 is 2.30 bits per heavy atom. The van der Waals surface area contributed by atoms with Crippen LogP contribution in [-0.4, -0.2) is 38.9 Å². The number of hydrogen-bond acceptors (Lipinski definition) is 4. The Kier molecular flexibility index (Phi) is 3.36. The Labute approximate surface area is 135 Å². The first-order chi connectivity index (χ1) is 10.5. The van der Waals surface area contributed by atoms with Gasteiger partial charge in [0.25, 0.3) is 0 Å². The highest BCUT2D eigenvalue weighted by Crippen LogP contribution is 2.37. The lowest BCUT2D eigenvalue weighted by Crippen LogP contribution is -2.41. The smallest absolute Gasteiger partial charge is 0.478 e. The van der Waals surface area contributed by atoms with Crippen molar-refractivity contribution in [1.82, 2.24) is 9.55 Å². The zero-order valence-electron chi connectivity index (χ0n) is 14.3. The van der Waals surface area contributed by atoms with E-state index in [1.807, 2.05) is 46.2 Å². The first-order valence-corrected chi connectivity index (χ1v) is 7.59. The lowest BCUT2D eigenvalue weighted by Gasteiger charge is -2.32. The molecular formula is C16H21BN2O4. The van der Waals surface area contributed by atoms with Crippen LogP contribution in [0.5, 0.6) is 0 Å². The number of fused-ring (bicyclic) bond motifs is 1. The predicted molar refractivity (Wildman–Crippen MR) is 88.1 cm³/mol. The topological polar surface area (TPSA) is 73.6 Å². The van der Waals surface area contributed by atoms with Crippen LogP contribution in [0.1, 0.15) is 43.9 Å². The number of rotatable bonds is 2. The summed E-state index contributed by atoms with van der Waals surface area (Å²) < 4.78 is 14.1. The number of imidazole rings is 1. The van der Waals surface area contributed by atoms with Crippen LogP contribution >= 0.6 is 0 Å². The summed E-state index contributed by atoms with van der Waals surface area (Å²) in [5, 5.41) is 9.38. The number of nitrogens with zero attached hydrogens (tertiary/aromatic N) is 2. The van der Waals surface area contributed by atoms with Gasteiger partial charge in [-0.15, -0.1) is 0 Å². The number of carboxylic acid groups (broad SMARTS) is 1. The molecule has 0 saturated carbocycles. The molecule has 2 heterocycles. The van der Waals surface area contributed by atoms with Crippen LogP contribution in [0.25, 0.3) is 11.0 Å². The average Bonchev–Trinajstić information content (AvgIpc) is 2.82. The SMILES string of the molecule is Cc1nc2cc(C(=O)O)cc(B3OC(C)(C)C(C)(C)O3)c2n1C. The van der Waals surface area contributed by atoms with E-state index < -0.39 is 24.3 Å². The highest BCUT2D eigenvalue weighted by Gasteiger charge is 2.52. The van der Waals surface area contributed by atoms with Crippen molar-refractivity contribution in [1.29, 1.82) is 0 Å². The predicted octanol–water partition coefficient (Wildman–Crippen LogP) is 1.88. The molecule has 1 N–H and O–H groups in total. The normalized spacial score (nSPS) is 19.5. The first kappa shape index (κ1) is 16.0. The van der Waals surface area contributed by atoms with E-state index in [0.717, 1.165) is 11.3 Å². The van der Waals surface area contributed by atoms with E-state index in [0.29, 0.717) is 11.0 Å². The van der Waals surface area contributed by atoms with Gasteiger partial charge in [-0.05, 0) is 46.8 Å². The van der Waals surface area contributed by atoms with Crippen molar-refractivity contribution in [3.8, 4) is 0 Å². The summed E-state index contributed by atoms with van der Waals surface area (Å²) in [6, 6.07) is 3.20. The van der Waals surface area contributed by atoms with Crippen LogP contribution < -0.4 is 5.46 Å². The largest absolute Gasteiger partial charge is 0.497 e. The lowest BCUT2D eigenvalue weighted by atomic mass is 9.77. The molecule has 0 unspecified atom stereocenters. The minimum absolute atomic E-state index is 0.181. The third kappa shape index (κ3) is 2.35. The van der Waals surface area contributed by atoms with Gasteiger partial charge >= 0.3 is 13.1 Å². The Morgan fingerprint density at radius 1 is 1.22 bits per heavy atom. The molecule has 7 heteroatoms. The molecule has 1 aromatic heterocycles. The van der Waals surface area contributed by atoms with Crippen LogP contribution in [-0.2, 0) is 16.4 Å². The molecule has 23 heavy (non-hydrogen) atoms. The van der Waals surface area contributed by atoms with E-state index in [1.165, 1.54) is 0 Å². The van der Waals surface area contributed by atoms with Crippen molar-refractivity contribution in [3.05, 3.63) is 23.5 Å². The maximum Gasteiger partial charge on any atom is 0.497 e. The van der Waals surface area contributed by atoms with Gasteiger partial charge in [0.05, 0.1) is 27.8 Å². The third-order valence-electron chi connectivity index (χ3n) is 4.98. The maximum atomic E-state index is 11.4. The van der Waals surface area contributed by atoms with Gasteiger partial charge in [0.1, 0.15) is 5.82 Å². The van der Waals surface area contributed by atoms with Gasteiger partial charge in [0.15, 0.2) is 0 Å². The summed E-state index contributed by atoms with van der Waals surface area (Å²) in [6.45, 7) is 9.77. The lowest BCUT2D eigenvalue weighted by molar-refractivity contribution is 0.00578. The number of aryl methyl sites for hydroxylation is 2. The molecule has 1 aromatic carbocycles. The van der Waals surface area contributed by atoms with Gasteiger partial charge < -0.3 is 19.0 Å². The highest BCUT2D eigenvalue weighted by molar-refractivity contribution is 6.65. The summed E-state index contributed by atoms with van der Waals surface area (Å²) in [5.74, 6) is -0.187. The molecule has 0 atom stereocenters. The fraction of sp³-hybridized carbons (Fsp3) is 0.500.